The zero-order valence-corrected chi connectivity index (χ0v) is 18.5. The predicted molar refractivity (Wildman–Crippen MR) is 119 cm³/mol. The summed E-state index contributed by atoms with van der Waals surface area (Å²) in [6.07, 6.45) is 1.24. The van der Waals surface area contributed by atoms with Crippen LogP contribution >= 0.6 is 24.0 Å². The minimum atomic E-state index is -3.00. The van der Waals surface area contributed by atoms with Gasteiger partial charge in [-0.15, -0.1) is 24.0 Å². The monoisotopic (exact) mass is 487 g/mol. The molecule has 7 heteroatoms. The van der Waals surface area contributed by atoms with Gasteiger partial charge in [-0.3, -0.25) is 4.99 Å². The number of benzene rings is 2. The third-order valence-corrected chi connectivity index (χ3v) is 4.70. The van der Waals surface area contributed by atoms with Crippen molar-refractivity contribution in [1.82, 2.24) is 10.6 Å². The van der Waals surface area contributed by atoms with Gasteiger partial charge in [0.05, 0.1) is 5.75 Å². The number of aliphatic imine (C=N–C) groups is 1. The summed E-state index contributed by atoms with van der Waals surface area (Å²) in [4.78, 5) is 4.23. The van der Waals surface area contributed by atoms with Crippen LogP contribution in [0.2, 0.25) is 0 Å². The summed E-state index contributed by atoms with van der Waals surface area (Å²) in [7, 11) is -1.26. The van der Waals surface area contributed by atoms with Crippen molar-refractivity contribution >= 4 is 39.8 Å². The van der Waals surface area contributed by atoms with Crippen molar-refractivity contribution in [2.45, 2.75) is 25.8 Å². The van der Waals surface area contributed by atoms with Crippen molar-refractivity contribution in [2.75, 3.05) is 13.3 Å². The Balaban J connectivity index is 0.00000338. The summed E-state index contributed by atoms with van der Waals surface area (Å²) in [6, 6.07) is 15.8. The van der Waals surface area contributed by atoms with E-state index in [0.717, 1.165) is 17.1 Å². The molecule has 0 aliphatic rings. The van der Waals surface area contributed by atoms with Gasteiger partial charge < -0.3 is 10.6 Å². The molecule has 0 fully saturated rings. The van der Waals surface area contributed by atoms with E-state index in [1.807, 2.05) is 36.4 Å². The molecular formula is C19H26IN3O2S. The number of nitrogens with zero attached hydrogens (tertiary/aromatic N) is 1. The molecule has 2 aromatic rings. The minimum Gasteiger partial charge on any atom is -0.352 e. The maximum Gasteiger partial charge on any atom is 0.191 e. The van der Waals surface area contributed by atoms with Gasteiger partial charge in [0.2, 0.25) is 0 Å². The summed E-state index contributed by atoms with van der Waals surface area (Å²) < 4.78 is 22.6. The molecule has 0 spiro atoms. The molecule has 0 heterocycles. The fraction of sp³-hybridized carbons (Fsp3) is 0.316. The first-order valence-corrected chi connectivity index (χ1v) is 10.2. The van der Waals surface area contributed by atoms with Crippen LogP contribution in [0.4, 0.5) is 0 Å². The number of hydrogen-bond donors (Lipinski definition) is 2. The first-order chi connectivity index (χ1) is 11.9. The minimum absolute atomic E-state index is 0. The molecule has 0 aliphatic heterocycles. The predicted octanol–water partition coefficient (Wildman–Crippen LogP) is 3.02. The van der Waals surface area contributed by atoms with Gasteiger partial charge in [-0.25, -0.2) is 8.42 Å². The van der Waals surface area contributed by atoms with Crippen LogP contribution in [0.1, 0.15) is 22.3 Å². The molecule has 5 nitrogen and oxygen atoms in total. The van der Waals surface area contributed by atoms with Crippen molar-refractivity contribution in [3.05, 3.63) is 70.8 Å². The van der Waals surface area contributed by atoms with Crippen LogP contribution < -0.4 is 10.6 Å². The van der Waals surface area contributed by atoms with E-state index in [1.54, 1.807) is 7.05 Å². The van der Waals surface area contributed by atoms with E-state index < -0.39 is 9.84 Å². The molecule has 2 aromatic carbocycles. The molecular weight excluding hydrogens is 461 g/mol. The molecule has 2 rings (SSSR count). The number of rotatable bonds is 6. The van der Waals surface area contributed by atoms with E-state index >= 15 is 0 Å². The Morgan fingerprint density at radius 1 is 0.962 bits per heavy atom. The number of aryl methyl sites for hydroxylation is 1. The molecule has 0 atom stereocenters. The van der Waals surface area contributed by atoms with Gasteiger partial charge >= 0.3 is 0 Å². The van der Waals surface area contributed by atoms with Crippen molar-refractivity contribution < 1.29 is 8.42 Å². The van der Waals surface area contributed by atoms with E-state index in [-0.39, 0.29) is 29.7 Å². The Kier molecular flexibility index (Phi) is 9.07. The first kappa shape index (κ1) is 22.4. The second-order valence-corrected chi connectivity index (χ2v) is 8.23. The van der Waals surface area contributed by atoms with Crippen LogP contribution in [-0.4, -0.2) is 27.7 Å². The van der Waals surface area contributed by atoms with Gasteiger partial charge in [-0.2, -0.15) is 0 Å². The molecule has 142 valence electrons. The lowest BCUT2D eigenvalue weighted by atomic mass is 10.1. The van der Waals surface area contributed by atoms with Gasteiger partial charge in [0.1, 0.15) is 0 Å². The van der Waals surface area contributed by atoms with E-state index in [2.05, 4.69) is 34.7 Å². The van der Waals surface area contributed by atoms with Crippen molar-refractivity contribution in [2.24, 2.45) is 4.99 Å². The Morgan fingerprint density at radius 2 is 1.54 bits per heavy atom. The molecule has 0 bridgehead atoms. The van der Waals surface area contributed by atoms with Crippen LogP contribution in [0.15, 0.2) is 53.5 Å². The maximum atomic E-state index is 11.3. The Morgan fingerprint density at radius 3 is 2.12 bits per heavy atom. The van der Waals surface area contributed by atoms with E-state index in [1.165, 1.54) is 17.4 Å². The van der Waals surface area contributed by atoms with Gasteiger partial charge in [-0.05, 0) is 29.2 Å². The SMILES string of the molecule is CN=C(NCc1ccc(CS(C)(=O)=O)cc1)NCc1ccccc1C.I. The average Bonchev–Trinajstić information content (AvgIpc) is 2.56. The first-order valence-electron chi connectivity index (χ1n) is 8.12. The van der Waals surface area contributed by atoms with Crippen LogP contribution in [0, 0.1) is 6.92 Å². The summed E-state index contributed by atoms with van der Waals surface area (Å²) in [5, 5.41) is 6.56. The second kappa shape index (κ2) is 10.5. The maximum absolute atomic E-state index is 11.3. The number of guanidine groups is 1. The lowest BCUT2D eigenvalue weighted by Gasteiger charge is -2.13. The topological polar surface area (TPSA) is 70.6 Å². The number of hydrogen-bond acceptors (Lipinski definition) is 3. The highest BCUT2D eigenvalue weighted by Crippen LogP contribution is 2.08. The van der Waals surface area contributed by atoms with Crippen LogP contribution in [0.25, 0.3) is 0 Å². The molecule has 2 N–H and O–H groups in total. The molecule has 0 unspecified atom stereocenters. The highest BCUT2D eigenvalue weighted by molar-refractivity contribution is 14.0. The molecule has 0 saturated carbocycles. The number of nitrogens with one attached hydrogen (secondary N) is 2. The highest BCUT2D eigenvalue weighted by atomic mass is 127. The lowest BCUT2D eigenvalue weighted by molar-refractivity contribution is 0.601. The molecule has 0 radical (unpaired) electrons. The van der Waals surface area contributed by atoms with Crippen molar-refractivity contribution in [3.8, 4) is 0 Å². The van der Waals surface area contributed by atoms with Crippen LogP contribution in [0.3, 0.4) is 0 Å². The van der Waals surface area contributed by atoms with E-state index in [0.29, 0.717) is 13.1 Å². The highest BCUT2D eigenvalue weighted by Gasteiger charge is 2.05. The second-order valence-electron chi connectivity index (χ2n) is 6.09. The standard InChI is InChI=1S/C19H25N3O2S.HI/c1-15-6-4-5-7-18(15)13-22-19(20-2)21-12-16-8-10-17(11-9-16)14-25(3,23)24;/h4-11H,12-14H2,1-3H3,(H2,20,21,22);1H. The molecule has 0 aromatic heterocycles. The normalized spacial score (nSPS) is 11.6. The van der Waals surface area contributed by atoms with Gasteiger partial charge in [0, 0.05) is 26.4 Å². The fourth-order valence-electron chi connectivity index (χ4n) is 2.45. The quantitative estimate of drug-likeness (QED) is 0.374. The van der Waals surface area contributed by atoms with Gasteiger partial charge in [0.15, 0.2) is 15.8 Å². The third kappa shape index (κ3) is 7.74. The summed E-state index contributed by atoms with van der Waals surface area (Å²) >= 11 is 0. The zero-order valence-electron chi connectivity index (χ0n) is 15.3. The number of sulfone groups is 1. The van der Waals surface area contributed by atoms with Gasteiger partial charge in [0.25, 0.3) is 0 Å². The lowest BCUT2D eigenvalue weighted by Crippen LogP contribution is -2.36. The Labute approximate surface area is 173 Å². The van der Waals surface area contributed by atoms with Crippen LogP contribution in [0.5, 0.6) is 0 Å². The van der Waals surface area contributed by atoms with Gasteiger partial charge in [-0.1, -0.05) is 48.5 Å². The van der Waals surface area contributed by atoms with Crippen molar-refractivity contribution in [1.29, 1.82) is 0 Å². The third-order valence-electron chi connectivity index (χ3n) is 3.84. The number of halogens is 1. The molecule has 26 heavy (non-hydrogen) atoms. The summed E-state index contributed by atoms with van der Waals surface area (Å²) in [6.45, 7) is 3.41. The Hall–Kier alpha value is -1.61. The van der Waals surface area contributed by atoms with Crippen LogP contribution in [-0.2, 0) is 28.7 Å². The molecule has 0 saturated heterocycles. The van der Waals surface area contributed by atoms with Crippen molar-refractivity contribution in [3.63, 3.8) is 0 Å². The Bertz CT molecular complexity index is 834. The molecule has 0 amide bonds. The smallest absolute Gasteiger partial charge is 0.191 e. The zero-order chi connectivity index (χ0) is 18.3. The largest absolute Gasteiger partial charge is 0.352 e. The van der Waals surface area contributed by atoms with E-state index in [4.69, 9.17) is 0 Å². The summed E-state index contributed by atoms with van der Waals surface area (Å²) in [5.74, 6) is 0.795. The molecule has 0 aliphatic carbocycles. The fourth-order valence-corrected chi connectivity index (χ4v) is 3.25. The average molecular weight is 487 g/mol. The summed E-state index contributed by atoms with van der Waals surface area (Å²) in [5.41, 5.74) is 4.34. The van der Waals surface area contributed by atoms with E-state index in [9.17, 15) is 8.42 Å².